The van der Waals surface area contributed by atoms with Gasteiger partial charge in [0, 0.05) is 32.9 Å². The molecule has 2 nitrogen and oxygen atoms in total. The first-order chi connectivity index (χ1) is 33.7. The maximum absolute atomic E-state index is 2.51. The molecule has 0 aliphatic heterocycles. The van der Waals surface area contributed by atoms with Gasteiger partial charge in [0.25, 0.3) is 0 Å². The summed E-state index contributed by atoms with van der Waals surface area (Å²) in [6.45, 7) is 0. The van der Waals surface area contributed by atoms with Crippen molar-refractivity contribution in [2.45, 2.75) is 12.8 Å². The van der Waals surface area contributed by atoms with E-state index in [4.69, 9.17) is 0 Å². The molecule has 0 atom stereocenters. The van der Waals surface area contributed by atoms with Gasteiger partial charge in [-0.15, -0.1) is 0 Å². The second-order valence-electron chi connectivity index (χ2n) is 18.3. The molecule has 0 saturated heterocycles. The summed E-state index contributed by atoms with van der Waals surface area (Å²) in [6.07, 6.45) is 6.65. The fraction of sp³-hybridized carbons (Fsp3) is 0.0303. The normalized spacial score (nSPS) is 13.1. The van der Waals surface area contributed by atoms with Crippen molar-refractivity contribution in [2.24, 2.45) is 0 Å². The maximum Gasteiger partial charge on any atom is 0.0547 e. The molecule has 2 heteroatoms. The van der Waals surface area contributed by atoms with E-state index in [1.54, 1.807) is 0 Å². The minimum atomic E-state index is 0.946. The lowest BCUT2D eigenvalue weighted by atomic mass is 9.89. The lowest BCUT2D eigenvalue weighted by Gasteiger charge is -2.20. The lowest BCUT2D eigenvalue weighted by molar-refractivity contribution is 0.993. The van der Waals surface area contributed by atoms with Crippen molar-refractivity contribution in [1.29, 1.82) is 0 Å². The molecule has 0 unspecified atom stereocenters. The van der Waals surface area contributed by atoms with E-state index in [0.717, 1.165) is 18.5 Å². The van der Waals surface area contributed by atoms with Crippen LogP contribution in [0, 0.1) is 0 Å². The Bertz CT molecular complexity index is 4240. The predicted molar refractivity (Wildman–Crippen MR) is 291 cm³/mol. The standard InChI is InChI=1S/C66H44N2/c1-3-17-51-43(13-1)15-9-21-55(51)47-33-39-61-59-19-5-7-27-63(59)67(65(61)41-47)49-35-29-45(30-36-49)53-23-11-26-58-54(24-12-25-57(53)58)46-31-37-50(38-32-46)68-64-28-8-6-20-60(64)62-40-34-48(42-66(62)68)56-22-10-16-44-14-2-4-18-52(44)56/h1-31,33-37,39-42H,32,38H2. The zero-order valence-corrected chi connectivity index (χ0v) is 37.4. The van der Waals surface area contributed by atoms with Crippen LogP contribution in [0.4, 0.5) is 0 Å². The molecular formula is C66H44N2. The van der Waals surface area contributed by atoms with Crippen molar-refractivity contribution in [3.05, 3.63) is 248 Å². The van der Waals surface area contributed by atoms with Crippen LogP contribution >= 0.6 is 0 Å². The molecule has 0 bridgehead atoms. The molecule has 0 N–H and O–H groups in total. The number of fused-ring (bicyclic) bond motifs is 9. The molecule has 0 saturated carbocycles. The topological polar surface area (TPSA) is 9.86 Å². The zero-order chi connectivity index (χ0) is 44.7. The number of hydrogen-bond acceptors (Lipinski definition) is 0. The average Bonchev–Trinajstić information content (AvgIpc) is 3.92. The number of rotatable bonds is 6. The monoisotopic (exact) mass is 864 g/mol. The highest BCUT2D eigenvalue weighted by molar-refractivity contribution is 6.13. The van der Waals surface area contributed by atoms with Gasteiger partial charge in [0.2, 0.25) is 0 Å². The van der Waals surface area contributed by atoms with Gasteiger partial charge in [-0.25, -0.2) is 0 Å². The van der Waals surface area contributed by atoms with E-state index >= 15 is 0 Å². The molecular weight excluding hydrogens is 821 g/mol. The Morgan fingerprint density at radius 2 is 0.691 bits per heavy atom. The highest BCUT2D eigenvalue weighted by Crippen LogP contribution is 2.42. The van der Waals surface area contributed by atoms with Crippen molar-refractivity contribution >= 4 is 87.2 Å². The van der Waals surface area contributed by atoms with Gasteiger partial charge in [-0.1, -0.05) is 200 Å². The molecule has 0 radical (unpaired) electrons. The van der Waals surface area contributed by atoms with Gasteiger partial charge in [0.05, 0.1) is 22.1 Å². The number of allylic oxidation sites excluding steroid dienone is 4. The smallest absolute Gasteiger partial charge is 0.0547 e. The van der Waals surface area contributed by atoms with E-state index in [1.165, 1.54) is 126 Å². The summed E-state index contributed by atoms with van der Waals surface area (Å²) in [4.78, 5) is 0. The zero-order valence-electron chi connectivity index (χ0n) is 37.4. The molecule has 13 aromatic rings. The fourth-order valence-corrected chi connectivity index (χ4v) is 11.5. The second kappa shape index (κ2) is 15.4. The van der Waals surface area contributed by atoms with Crippen molar-refractivity contribution in [1.82, 2.24) is 9.13 Å². The molecule has 0 amide bonds. The first-order valence-electron chi connectivity index (χ1n) is 23.8. The van der Waals surface area contributed by atoms with Crippen LogP contribution in [0.15, 0.2) is 243 Å². The molecule has 1 aliphatic carbocycles. The molecule has 318 valence electrons. The van der Waals surface area contributed by atoms with Gasteiger partial charge in [-0.3, -0.25) is 0 Å². The van der Waals surface area contributed by atoms with Crippen LogP contribution in [0.5, 0.6) is 0 Å². The lowest BCUT2D eigenvalue weighted by Crippen LogP contribution is -2.01. The molecule has 2 aromatic heterocycles. The van der Waals surface area contributed by atoms with Gasteiger partial charge in [0.1, 0.15) is 0 Å². The number of para-hydroxylation sites is 2. The molecule has 2 heterocycles. The van der Waals surface area contributed by atoms with Crippen LogP contribution in [0.25, 0.3) is 126 Å². The summed E-state index contributed by atoms with van der Waals surface area (Å²) in [5, 5.41) is 12.7. The Morgan fingerprint density at radius 3 is 1.28 bits per heavy atom. The van der Waals surface area contributed by atoms with Gasteiger partial charge in [0.15, 0.2) is 0 Å². The number of aromatic nitrogens is 2. The molecule has 0 spiro atoms. The molecule has 0 fully saturated rings. The van der Waals surface area contributed by atoms with E-state index in [9.17, 15) is 0 Å². The molecule has 68 heavy (non-hydrogen) atoms. The minimum absolute atomic E-state index is 0.946. The molecule has 14 rings (SSSR count). The van der Waals surface area contributed by atoms with Crippen LogP contribution in [-0.2, 0) is 0 Å². The third-order valence-electron chi connectivity index (χ3n) is 14.7. The largest absolute Gasteiger partial charge is 0.313 e. The van der Waals surface area contributed by atoms with Crippen LogP contribution in [0.2, 0.25) is 0 Å². The van der Waals surface area contributed by atoms with E-state index in [-0.39, 0.29) is 0 Å². The Morgan fingerprint density at radius 1 is 0.265 bits per heavy atom. The van der Waals surface area contributed by atoms with Gasteiger partial charge >= 0.3 is 0 Å². The summed E-state index contributed by atoms with van der Waals surface area (Å²) in [6, 6.07) is 85.1. The average molecular weight is 865 g/mol. The summed E-state index contributed by atoms with van der Waals surface area (Å²) in [5.41, 5.74) is 17.5. The first kappa shape index (κ1) is 38.5. The van der Waals surface area contributed by atoms with E-state index in [2.05, 4.69) is 252 Å². The van der Waals surface area contributed by atoms with E-state index in [0.29, 0.717) is 0 Å². The quantitative estimate of drug-likeness (QED) is 0.158. The highest BCUT2D eigenvalue weighted by atomic mass is 15.0. The summed E-state index contributed by atoms with van der Waals surface area (Å²) in [7, 11) is 0. The first-order valence-corrected chi connectivity index (χ1v) is 23.8. The summed E-state index contributed by atoms with van der Waals surface area (Å²) >= 11 is 0. The minimum Gasteiger partial charge on any atom is -0.313 e. The fourth-order valence-electron chi connectivity index (χ4n) is 11.5. The SMILES string of the molecule is C1=C(c2cccc3c(-c4ccc(-n5c6ccccc6c6ccc(-c7cccc8ccccc78)cc65)cc4)cccc23)CCC(n2c3ccccc3c3ccc(-c4cccc5ccccc45)cc32)=C1. The summed E-state index contributed by atoms with van der Waals surface area (Å²) < 4.78 is 4.95. The van der Waals surface area contributed by atoms with Crippen molar-refractivity contribution in [3.63, 3.8) is 0 Å². The number of nitrogens with zero attached hydrogens (tertiary/aromatic N) is 2. The van der Waals surface area contributed by atoms with Crippen LogP contribution in [-0.4, -0.2) is 9.13 Å². The van der Waals surface area contributed by atoms with Crippen molar-refractivity contribution in [3.8, 4) is 39.1 Å². The van der Waals surface area contributed by atoms with E-state index in [1.807, 2.05) is 0 Å². The number of hydrogen-bond donors (Lipinski definition) is 0. The summed E-state index contributed by atoms with van der Waals surface area (Å²) in [5.74, 6) is 0. The van der Waals surface area contributed by atoms with Crippen LogP contribution in [0.1, 0.15) is 18.4 Å². The highest BCUT2D eigenvalue weighted by Gasteiger charge is 2.20. The predicted octanol–water partition coefficient (Wildman–Crippen LogP) is 18.1. The van der Waals surface area contributed by atoms with Crippen molar-refractivity contribution in [2.75, 3.05) is 0 Å². The second-order valence-corrected chi connectivity index (χ2v) is 18.3. The van der Waals surface area contributed by atoms with Gasteiger partial charge < -0.3 is 9.13 Å². The van der Waals surface area contributed by atoms with Gasteiger partial charge in [-0.05, 0) is 132 Å². The third-order valence-corrected chi connectivity index (χ3v) is 14.7. The van der Waals surface area contributed by atoms with Crippen LogP contribution < -0.4 is 0 Å². The Balaban J connectivity index is 0.830. The Hall–Kier alpha value is -8.72. The molecule has 1 aliphatic rings. The van der Waals surface area contributed by atoms with Gasteiger partial charge in [-0.2, -0.15) is 0 Å². The Kier molecular flexibility index (Phi) is 8.75. The van der Waals surface area contributed by atoms with E-state index < -0.39 is 0 Å². The maximum atomic E-state index is 2.51. The number of benzene rings is 11. The third kappa shape index (κ3) is 6.04. The Labute approximate surface area is 394 Å². The van der Waals surface area contributed by atoms with Crippen LogP contribution in [0.3, 0.4) is 0 Å². The van der Waals surface area contributed by atoms with Crippen molar-refractivity contribution < 1.29 is 0 Å². The molecule has 11 aromatic carbocycles.